The van der Waals surface area contributed by atoms with Gasteiger partial charge in [-0.3, -0.25) is 4.79 Å². The van der Waals surface area contributed by atoms with E-state index in [2.05, 4.69) is 11.8 Å². The fourth-order valence-corrected chi connectivity index (χ4v) is 2.37. The van der Waals surface area contributed by atoms with Crippen molar-refractivity contribution in [1.82, 2.24) is 0 Å². The van der Waals surface area contributed by atoms with E-state index in [-0.39, 0.29) is 0 Å². The molecular formula is C17H21N3O. The molecule has 0 saturated carbocycles. The highest BCUT2D eigenvalue weighted by molar-refractivity contribution is 5.92. The topological polar surface area (TPSA) is 72.3 Å². The Bertz CT molecular complexity index is 625. The first-order valence-electron chi connectivity index (χ1n) is 7.10. The molecule has 0 unspecified atom stereocenters. The number of carbonyl (C=O) groups is 1. The van der Waals surface area contributed by atoms with Gasteiger partial charge in [-0.05, 0) is 36.2 Å². The Labute approximate surface area is 125 Å². The molecule has 0 fully saturated rings. The third kappa shape index (κ3) is 3.75. The molecule has 0 aliphatic carbocycles. The second-order valence-corrected chi connectivity index (χ2v) is 5.04. The predicted molar refractivity (Wildman–Crippen MR) is 87.2 cm³/mol. The second kappa shape index (κ2) is 6.79. The monoisotopic (exact) mass is 283 g/mol. The molecule has 0 radical (unpaired) electrons. The molecule has 0 aliphatic rings. The maximum Gasteiger partial charge on any atom is 0.248 e. The number of rotatable bonds is 6. The molecular weight excluding hydrogens is 262 g/mol. The van der Waals surface area contributed by atoms with Crippen LogP contribution in [0.5, 0.6) is 0 Å². The van der Waals surface area contributed by atoms with Gasteiger partial charge in [0, 0.05) is 18.7 Å². The normalized spacial score (nSPS) is 10.3. The molecule has 4 N–H and O–H groups in total. The summed E-state index contributed by atoms with van der Waals surface area (Å²) in [5.41, 5.74) is 14.8. The highest BCUT2D eigenvalue weighted by Crippen LogP contribution is 2.24. The van der Waals surface area contributed by atoms with Crippen molar-refractivity contribution in [1.29, 1.82) is 0 Å². The van der Waals surface area contributed by atoms with Crippen molar-refractivity contribution in [3.63, 3.8) is 0 Å². The van der Waals surface area contributed by atoms with Gasteiger partial charge < -0.3 is 16.4 Å². The summed E-state index contributed by atoms with van der Waals surface area (Å²) in [6.45, 7) is 3.73. The van der Waals surface area contributed by atoms with E-state index in [4.69, 9.17) is 11.5 Å². The van der Waals surface area contributed by atoms with Crippen molar-refractivity contribution in [2.75, 3.05) is 17.2 Å². The Balaban J connectivity index is 2.26. The molecule has 0 aromatic heterocycles. The number of nitrogen functional groups attached to an aromatic ring is 1. The Kier molecular flexibility index (Phi) is 4.82. The van der Waals surface area contributed by atoms with Crippen LogP contribution >= 0.6 is 0 Å². The fraction of sp³-hybridized carbons (Fsp3) is 0.235. The molecule has 0 spiro atoms. The van der Waals surface area contributed by atoms with Gasteiger partial charge in [-0.2, -0.15) is 0 Å². The lowest BCUT2D eigenvalue weighted by atomic mass is 10.1. The van der Waals surface area contributed by atoms with Gasteiger partial charge in [0.25, 0.3) is 0 Å². The molecule has 4 heteroatoms. The molecule has 0 atom stereocenters. The van der Waals surface area contributed by atoms with Crippen LogP contribution in [0.15, 0.2) is 48.5 Å². The molecule has 2 rings (SSSR count). The molecule has 0 bridgehead atoms. The number of nitrogens with zero attached hydrogens (tertiary/aromatic N) is 1. The quantitative estimate of drug-likeness (QED) is 0.801. The van der Waals surface area contributed by atoms with E-state index in [1.165, 1.54) is 0 Å². The maximum atomic E-state index is 11.3. The smallest absolute Gasteiger partial charge is 0.248 e. The Morgan fingerprint density at radius 1 is 1.14 bits per heavy atom. The molecule has 0 aliphatic heterocycles. The molecule has 2 aromatic carbocycles. The summed E-state index contributed by atoms with van der Waals surface area (Å²) in [6.07, 6.45) is 1.02. The Hall–Kier alpha value is -2.49. The van der Waals surface area contributed by atoms with Crippen molar-refractivity contribution in [2.24, 2.45) is 5.73 Å². The SMILES string of the molecule is CCCN(Cc1cccc(C(N)=O)c1)c1ccccc1N. The summed E-state index contributed by atoms with van der Waals surface area (Å²) < 4.78 is 0. The number of amides is 1. The number of para-hydroxylation sites is 2. The van der Waals surface area contributed by atoms with Crippen LogP contribution in [-0.2, 0) is 6.54 Å². The first-order chi connectivity index (χ1) is 10.1. The van der Waals surface area contributed by atoms with Crippen molar-refractivity contribution < 1.29 is 4.79 Å². The zero-order chi connectivity index (χ0) is 15.2. The zero-order valence-corrected chi connectivity index (χ0v) is 12.3. The van der Waals surface area contributed by atoms with Crippen LogP contribution in [0.1, 0.15) is 29.3 Å². The minimum absolute atomic E-state index is 0.405. The van der Waals surface area contributed by atoms with Crippen LogP contribution in [0, 0.1) is 0 Å². The van der Waals surface area contributed by atoms with Gasteiger partial charge in [-0.1, -0.05) is 31.2 Å². The van der Waals surface area contributed by atoms with Crippen molar-refractivity contribution in [3.05, 3.63) is 59.7 Å². The van der Waals surface area contributed by atoms with E-state index >= 15 is 0 Å². The van der Waals surface area contributed by atoms with Crippen LogP contribution in [0.2, 0.25) is 0 Å². The highest BCUT2D eigenvalue weighted by atomic mass is 16.1. The number of hydrogen-bond acceptors (Lipinski definition) is 3. The number of anilines is 2. The van der Waals surface area contributed by atoms with Gasteiger partial charge in [0.05, 0.1) is 11.4 Å². The minimum Gasteiger partial charge on any atom is -0.397 e. The van der Waals surface area contributed by atoms with Gasteiger partial charge in [0.2, 0.25) is 5.91 Å². The number of hydrogen-bond donors (Lipinski definition) is 2. The summed E-state index contributed by atoms with van der Waals surface area (Å²) in [7, 11) is 0. The Morgan fingerprint density at radius 3 is 2.57 bits per heavy atom. The maximum absolute atomic E-state index is 11.3. The number of nitrogens with two attached hydrogens (primary N) is 2. The first-order valence-corrected chi connectivity index (χ1v) is 7.10. The summed E-state index contributed by atoms with van der Waals surface area (Å²) in [5.74, 6) is -0.405. The zero-order valence-electron chi connectivity index (χ0n) is 12.3. The van der Waals surface area contributed by atoms with Crippen LogP contribution in [0.3, 0.4) is 0 Å². The van der Waals surface area contributed by atoms with E-state index in [9.17, 15) is 4.79 Å². The summed E-state index contributed by atoms with van der Waals surface area (Å²) in [5, 5.41) is 0. The lowest BCUT2D eigenvalue weighted by molar-refractivity contribution is 0.1000. The van der Waals surface area contributed by atoms with Gasteiger partial charge in [-0.25, -0.2) is 0 Å². The number of carbonyl (C=O) groups excluding carboxylic acids is 1. The average molecular weight is 283 g/mol. The van der Waals surface area contributed by atoms with Crippen molar-refractivity contribution in [2.45, 2.75) is 19.9 Å². The average Bonchev–Trinajstić information content (AvgIpc) is 2.48. The molecule has 2 aromatic rings. The van der Waals surface area contributed by atoms with Gasteiger partial charge in [0.15, 0.2) is 0 Å². The molecule has 0 heterocycles. The fourth-order valence-electron chi connectivity index (χ4n) is 2.37. The van der Waals surface area contributed by atoms with Gasteiger partial charge in [0.1, 0.15) is 0 Å². The summed E-state index contributed by atoms with van der Waals surface area (Å²) in [6, 6.07) is 15.2. The van der Waals surface area contributed by atoms with E-state index in [0.29, 0.717) is 12.1 Å². The molecule has 110 valence electrons. The second-order valence-electron chi connectivity index (χ2n) is 5.04. The Morgan fingerprint density at radius 2 is 1.90 bits per heavy atom. The van der Waals surface area contributed by atoms with E-state index in [0.717, 1.165) is 29.9 Å². The highest BCUT2D eigenvalue weighted by Gasteiger charge is 2.10. The van der Waals surface area contributed by atoms with E-state index < -0.39 is 5.91 Å². The van der Waals surface area contributed by atoms with Crippen molar-refractivity contribution in [3.8, 4) is 0 Å². The van der Waals surface area contributed by atoms with Crippen LogP contribution in [0.25, 0.3) is 0 Å². The van der Waals surface area contributed by atoms with Crippen LogP contribution in [0.4, 0.5) is 11.4 Å². The van der Waals surface area contributed by atoms with E-state index in [1.54, 1.807) is 6.07 Å². The first kappa shape index (κ1) is 14.9. The molecule has 1 amide bonds. The van der Waals surface area contributed by atoms with Crippen LogP contribution in [-0.4, -0.2) is 12.5 Å². The largest absolute Gasteiger partial charge is 0.397 e. The molecule has 4 nitrogen and oxygen atoms in total. The van der Waals surface area contributed by atoms with Gasteiger partial charge in [-0.15, -0.1) is 0 Å². The lowest BCUT2D eigenvalue weighted by Crippen LogP contribution is -2.24. The standard InChI is InChI=1S/C17H21N3O/c1-2-10-20(16-9-4-3-8-15(16)18)12-13-6-5-7-14(11-13)17(19)21/h3-9,11H,2,10,12,18H2,1H3,(H2,19,21). The third-order valence-corrected chi connectivity index (χ3v) is 3.36. The van der Waals surface area contributed by atoms with Crippen LogP contribution < -0.4 is 16.4 Å². The summed E-state index contributed by atoms with van der Waals surface area (Å²) >= 11 is 0. The van der Waals surface area contributed by atoms with Gasteiger partial charge >= 0.3 is 0 Å². The number of benzene rings is 2. The lowest BCUT2D eigenvalue weighted by Gasteiger charge is -2.26. The van der Waals surface area contributed by atoms with E-state index in [1.807, 2.05) is 42.5 Å². The molecule has 0 saturated heterocycles. The third-order valence-electron chi connectivity index (χ3n) is 3.36. The number of primary amides is 1. The van der Waals surface area contributed by atoms with Crippen molar-refractivity contribution >= 4 is 17.3 Å². The minimum atomic E-state index is -0.405. The predicted octanol–water partition coefficient (Wildman–Crippen LogP) is 2.78. The molecule has 21 heavy (non-hydrogen) atoms. The summed E-state index contributed by atoms with van der Waals surface area (Å²) in [4.78, 5) is 13.5.